The van der Waals surface area contributed by atoms with Gasteiger partial charge in [-0.3, -0.25) is 19.7 Å². The van der Waals surface area contributed by atoms with Crippen molar-refractivity contribution in [3.63, 3.8) is 0 Å². The maximum atomic E-state index is 11.1. The van der Waals surface area contributed by atoms with Crippen LogP contribution in [0.25, 0.3) is 0 Å². The lowest BCUT2D eigenvalue weighted by atomic mass is 10.4. The fraction of sp³-hybridized carbons (Fsp3) is 0.375. The van der Waals surface area contributed by atoms with Crippen molar-refractivity contribution in [1.82, 2.24) is 4.37 Å². The molecule has 0 fully saturated rings. The van der Waals surface area contributed by atoms with E-state index in [-0.39, 0.29) is 22.4 Å². The van der Waals surface area contributed by atoms with Crippen LogP contribution >= 0.6 is 11.5 Å². The molecule has 9 heteroatoms. The highest BCUT2D eigenvalue weighted by Crippen LogP contribution is 2.38. The summed E-state index contributed by atoms with van der Waals surface area (Å²) in [5, 5.41) is 13.2. The van der Waals surface area contributed by atoms with Gasteiger partial charge in [0.05, 0.1) is 4.92 Å². The van der Waals surface area contributed by atoms with Crippen LogP contribution in [0.4, 0.5) is 16.5 Å². The Morgan fingerprint density at radius 1 is 1.47 bits per heavy atom. The van der Waals surface area contributed by atoms with Gasteiger partial charge in [-0.1, -0.05) is 0 Å². The smallest absolute Gasteiger partial charge is 0.304 e. The lowest BCUT2D eigenvalue weighted by Gasteiger charge is -2.10. The molecule has 0 saturated carbocycles. The molecule has 1 rings (SSSR count). The molecular formula is C8H10N4O4S. The number of nitro groups is 1. The first-order chi connectivity index (χ1) is 7.84. The molecule has 1 heterocycles. The fourth-order valence-electron chi connectivity index (χ4n) is 1.05. The number of carbonyl (C=O) groups excluding carboxylic acids is 2. The molecule has 0 saturated heterocycles. The summed E-state index contributed by atoms with van der Waals surface area (Å²) in [4.78, 5) is 33.3. The highest BCUT2D eigenvalue weighted by Gasteiger charge is 2.29. The van der Waals surface area contributed by atoms with Gasteiger partial charge in [-0.2, -0.15) is 4.37 Å². The van der Waals surface area contributed by atoms with E-state index in [2.05, 4.69) is 9.69 Å². The maximum Gasteiger partial charge on any atom is 0.348 e. The van der Waals surface area contributed by atoms with Gasteiger partial charge in [0, 0.05) is 20.9 Å². The molecule has 0 aromatic carbocycles. The zero-order valence-electron chi connectivity index (χ0n) is 9.38. The maximum absolute atomic E-state index is 11.1. The van der Waals surface area contributed by atoms with Crippen LogP contribution in [0.5, 0.6) is 0 Å². The van der Waals surface area contributed by atoms with Gasteiger partial charge in [-0.25, -0.2) is 0 Å². The molecule has 0 aliphatic carbocycles. The number of aromatic nitrogens is 1. The predicted molar refractivity (Wildman–Crippen MR) is 62.2 cm³/mol. The molecule has 1 aromatic rings. The Balaban J connectivity index is 3.24. The van der Waals surface area contributed by atoms with Crippen LogP contribution in [0, 0.1) is 10.1 Å². The minimum absolute atomic E-state index is 0.0891. The molecule has 2 amide bonds. The van der Waals surface area contributed by atoms with Gasteiger partial charge in [0.15, 0.2) is 5.00 Å². The number of carbonyl (C=O) groups is 2. The average molecular weight is 258 g/mol. The number of nitrogens with one attached hydrogen (secondary N) is 1. The molecule has 17 heavy (non-hydrogen) atoms. The topological polar surface area (TPSA) is 105 Å². The molecule has 0 atom stereocenters. The van der Waals surface area contributed by atoms with Crippen molar-refractivity contribution >= 4 is 39.9 Å². The molecule has 1 aromatic heterocycles. The Morgan fingerprint density at radius 2 is 2.06 bits per heavy atom. The third kappa shape index (κ3) is 2.75. The zero-order chi connectivity index (χ0) is 13.2. The van der Waals surface area contributed by atoms with E-state index >= 15 is 0 Å². The van der Waals surface area contributed by atoms with Crippen LogP contribution < -0.4 is 10.2 Å². The van der Waals surface area contributed by atoms with E-state index in [1.54, 1.807) is 0 Å². The fourth-order valence-corrected chi connectivity index (χ4v) is 1.87. The summed E-state index contributed by atoms with van der Waals surface area (Å²) in [5.74, 6) is -0.961. The molecule has 0 aliphatic rings. The van der Waals surface area contributed by atoms with Crippen molar-refractivity contribution in [3.05, 3.63) is 10.1 Å². The summed E-state index contributed by atoms with van der Waals surface area (Å²) in [5.41, 5.74) is -0.372. The van der Waals surface area contributed by atoms with E-state index in [1.165, 1.54) is 20.9 Å². The number of amides is 2. The van der Waals surface area contributed by atoms with Crippen LogP contribution in [0.3, 0.4) is 0 Å². The predicted octanol–water partition coefficient (Wildman–Crippen LogP) is 0.992. The lowest BCUT2D eigenvalue weighted by Crippen LogP contribution is -2.22. The molecule has 0 radical (unpaired) electrons. The second-order valence-electron chi connectivity index (χ2n) is 3.20. The van der Waals surface area contributed by atoms with E-state index in [0.717, 1.165) is 16.4 Å². The van der Waals surface area contributed by atoms with Crippen LogP contribution in [0.15, 0.2) is 0 Å². The standard InChI is InChI=1S/C8H10N4O4S/c1-4(13)9-7-6(12(15)16)8(17-10-7)11(3)5(2)14/h1-3H3,(H,9,10,13). The molecule has 0 spiro atoms. The molecule has 8 nitrogen and oxygen atoms in total. The van der Waals surface area contributed by atoms with Gasteiger partial charge in [0.25, 0.3) is 0 Å². The van der Waals surface area contributed by atoms with E-state index in [4.69, 9.17) is 0 Å². The number of anilines is 2. The molecule has 0 unspecified atom stereocenters. The van der Waals surface area contributed by atoms with Gasteiger partial charge in [-0.05, 0) is 11.5 Å². The third-order valence-electron chi connectivity index (χ3n) is 1.90. The van der Waals surface area contributed by atoms with E-state index in [9.17, 15) is 19.7 Å². The summed E-state index contributed by atoms with van der Waals surface area (Å²) >= 11 is 0.782. The molecule has 0 bridgehead atoms. The second-order valence-corrected chi connectivity index (χ2v) is 3.95. The van der Waals surface area contributed by atoms with Crippen molar-refractivity contribution in [3.8, 4) is 0 Å². The third-order valence-corrected chi connectivity index (χ3v) is 2.82. The van der Waals surface area contributed by atoms with Crippen LogP contribution in [-0.2, 0) is 9.59 Å². The minimum Gasteiger partial charge on any atom is -0.304 e. The molecule has 0 aliphatic heterocycles. The quantitative estimate of drug-likeness (QED) is 0.643. The van der Waals surface area contributed by atoms with Crippen molar-refractivity contribution in [2.75, 3.05) is 17.3 Å². The van der Waals surface area contributed by atoms with Crippen molar-refractivity contribution in [2.45, 2.75) is 13.8 Å². The highest BCUT2D eigenvalue weighted by molar-refractivity contribution is 7.11. The van der Waals surface area contributed by atoms with Crippen molar-refractivity contribution < 1.29 is 14.5 Å². The first-order valence-corrected chi connectivity index (χ1v) is 5.28. The number of nitrogens with zero attached hydrogens (tertiary/aromatic N) is 3. The summed E-state index contributed by atoms with van der Waals surface area (Å²) in [7, 11) is 1.40. The Kier molecular flexibility index (Phi) is 3.73. The second kappa shape index (κ2) is 4.87. The van der Waals surface area contributed by atoms with Gasteiger partial charge in [0.2, 0.25) is 17.6 Å². The van der Waals surface area contributed by atoms with E-state index in [0.29, 0.717) is 0 Å². The number of hydrogen-bond acceptors (Lipinski definition) is 6. The molecule has 1 N–H and O–H groups in total. The number of hydrogen-bond donors (Lipinski definition) is 1. The Morgan fingerprint density at radius 3 is 2.47 bits per heavy atom. The summed E-state index contributed by atoms with van der Waals surface area (Å²) < 4.78 is 3.76. The highest BCUT2D eigenvalue weighted by atomic mass is 32.1. The van der Waals surface area contributed by atoms with Gasteiger partial charge >= 0.3 is 5.69 Å². The molecular weight excluding hydrogens is 248 g/mol. The van der Waals surface area contributed by atoms with Crippen molar-refractivity contribution in [1.29, 1.82) is 0 Å². The van der Waals surface area contributed by atoms with Gasteiger partial charge in [-0.15, -0.1) is 0 Å². The first-order valence-electron chi connectivity index (χ1n) is 4.50. The van der Waals surface area contributed by atoms with E-state index in [1.807, 2.05) is 0 Å². The number of rotatable bonds is 3. The van der Waals surface area contributed by atoms with Crippen LogP contribution in [0.1, 0.15) is 13.8 Å². The monoisotopic (exact) mass is 258 g/mol. The Labute approximate surface area is 101 Å². The minimum atomic E-state index is -0.677. The zero-order valence-corrected chi connectivity index (χ0v) is 10.2. The Hall–Kier alpha value is -2.03. The first kappa shape index (κ1) is 13.0. The van der Waals surface area contributed by atoms with Crippen LogP contribution in [-0.4, -0.2) is 28.2 Å². The summed E-state index contributed by atoms with van der Waals surface area (Å²) in [6.07, 6.45) is 0. The average Bonchev–Trinajstić information content (AvgIpc) is 2.58. The SMILES string of the molecule is CC(=O)Nc1nsc(N(C)C(C)=O)c1[N+](=O)[O-]. The lowest BCUT2D eigenvalue weighted by molar-refractivity contribution is -0.382. The summed E-state index contributed by atoms with van der Waals surface area (Å²) in [6, 6.07) is 0. The molecule has 92 valence electrons. The van der Waals surface area contributed by atoms with E-state index < -0.39 is 10.8 Å². The van der Waals surface area contributed by atoms with Gasteiger partial charge < -0.3 is 10.2 Å². The van der Waals surface area contributed by atoms with Crippen molar-refractivity contribution in [2.24, 2.45) is 0 Å². The van der Waals surface area contributed by atoms with Gasteiger partial charge in [0.1, 0.15) is 0 Å². The van der Waals surface area contributed by atoms with Crippen LogP contribution in [0.2, 0.25) is 0 Å². The largest absolute Gasteiger partial charge is 0.348 e. The normalized spacial score (nSPS) is 9.82. The summed E-state index contributed by atoms with van der Waals surface area (Å²) in [6.45, 7) is 2.50. The Bertz CT molecular complexity index is 484.